The molecular formula is C50H71N4O20S2+. The fraction of sp³-hybridized carbons (Fsp3) is 0.580. The van der Waals surface area contributed by atoms with Crippen LogP contribution in [0.15, 0.2) is 82.3 Å². The fourth-order valence-corrected chi connectivity index (χ4v) is 10.9. The van der Waals surface area contributed by atoms with E-state index in [1.54, 1.807) is 12.1 Å². The molecule has 2 aromatic rings. The number of amides is 2. The third-order valence-electron chi connectivity index (χ3n) is 13.9. The van der Waals surface area contributed by atoms with Gasteiger partial charge in [0.1, 0.15) is 49.3 Å². The molecule has 2 amide bonds. The summed E-state index contributed by atoms with van der Waals surface area (Å²) >= 11 is 0. The van der Waals surface area contributed by atoms with Crippen LogP contribution in [0.4, 0.5) is 16.2 Å². The number of anilines is 1. The number of fused-ring (bicyclic) bond motifs is 2. The number of likely N-dealkylation sites (N-methyl/N-ethyl adjacent to an activating group) is 1. The van der Waals surface area contributed by atoms with Gasteiger partial charge >= 0.3 is 6.09 Å². The molecule has 0 bridgehead atoms. The molecule has 4 aliphatic rings. The number of carbonyl (C=O) groups is 2. The minimum absolute atomic E-state index is 0.0489. The fourth-order valence-electron chi connectivity index (χ4n) is 9.91. The van der Waals surface area contributed by atoms with Crippen molar-refractivity contribution in [1.29, 1.82) is 0 Å². The molecule has 2 aromatic carbocycles. The van der Waals surface area contributed by atoms with Crippen LogP contribution < -0.4 is 16.0 Å². The molecular weight excluding hydrogens is 1040 g/mol. The van der Waals surface area contributed by atoms with Crippen LogP contribution in [0.3, 0.4) is 0 Å². The summed E-state index contributed by atoms with van der Waals surface area (Å²) in [6.45, 7) is 9.55. The van der Waals surface area contributed by atoms with E-state index in [0.29, 0.717) is 37.9 Å². The molecule has 0 radical (unpaired) electrons. The van der Waals surface area contributed by atoms with Gasteiger partial charge in [-0.2, -0.15) is 21.4 Å². The van der Waals surface area contributed by atoms with Crippen LogP contribution in [-0.2, 0) is 64.3 Å². The Labute approximate surface area is 441 Å². The minimum Gasteiger partial charge on any atom is -0.441 e. The van der Waals surface area contributed by atoms with E-state index in [2.05, 4.69) is 14.8 Å². The lowest BCUT2D eigenvalue weighted by Gasteiger charge is -2.46. The maximum Gasteiger partial charge on any atom is 0.404 e. The highest BCUT2D eigenvalue weighted by Gasteiger charge is 2.52. The average molecular weight is 1110 g/mol. The molecule has 0 aromatic heterocycles. The van der Waals surface area contributed by atoms with Gasteiger partial charge in [-0.05, 0) is 75.6 Å². The zero-order valence-corrected chi connectivity index (χ0v) is 44.5. The van der Waals surface area contributed by atoms with Crippen molar-refractivity contribution in [1.82, 2.24) is 5.32 Å². The second-order valence-corrected chi connectivity index (χ2v) is 22.5. The Morgan fingerprint density at radius 2 is 1.42 bits per heavy atom. The molecule has 4 heterocycles. The highest BCUT2D eigenvalue weighted by atomic mass is 32.2. The lowest BCUT2D eigenvalue weighted by molar-refractivity contribution is -0.438. The van der Waals surface area contributed by atoms with Crippen LogP contribution in [0.2, 0.25) is 0 Å². The largest absolute Gasteiger partial charge is 0.441 e. The van der Waals surface area contributed by atoms with Crippen LogP contribution in [0, 0.1) is 0 Å². The highest BCUT2D eigenvalue weighted by Crippen LogP contribution is 2.48. The number of nitrogens with two attached hydrogens (primary N) is 1. The molecule has 76 heavy (non-hydrogen) atoms. The Bertz CT molecular complexity index is 2750. The number of allylic oxidation sites excluding steroid dienone is 6. The number of aliphatic hydroxyl groups is 6. The van der Waals surface area contributed by atoms with Crippen molar-refractivity contribution < 1.29 is 99.2 Å². The van der Waals surface area contributed by atoms with E-state index in [-0.39, 0.29) is 48.5 Å². The number of primary amides is 1. The van der Waals surface area contributed by atoms with Gasteiger partial charge in [0.05, 0.1) is 48.2 Å². The van der Waals surface area contributed by atoms with Gasteiger partial charge in [-0.3, -0.25) is 13.9 Å². The Hall–Kier alpha value is -4.75. The Morgan fingerprint density at radius 3 is 2.07 bits per heavy atom. The number of hydrogen-bond acceptors (Lipinski definition) is 19. The minimum atomic E-state index is -4.48. The first-order valence-electron chi connectivity index (χ1n) is 24.8. The van der Waals surface area contributed by atoms with E-state index in [1.807, 2.05) is 65.0 Å². The van der Waals surface area contributed by atoms with Crippen molar-refractivity contribution in [2.45, 2.75) is 142 Å². The predicted octanol–water partition coefficient (Wildman–Crippen LogP) is 0.807. The molecule has 2 fully saturated rings. The molecule has 26 heteroatoms. The summed E-state index contributed by atoms with van der Waals surface area (Å²) in [5.74, 6) is -0.207. The summed E-state index contributed by atoms with van der Waals surface area (Å²) in [6, 6.07) is 9.11. The number of hydrogen-bond donors (Lipinski definition) is 10. The van der Waals surface area contributed by atoms with Crippen LogP contribution in [0.25, 0.3) is 0 Å². The quantitative estimate of drug-likeness (QED) is 0.0301. The monoisotopic (exact) mass is 1110 g/mol. The Balaban J connectivity index is 0.995. The van der Waals surface area contributed by atoms with Crippen molar-refractivity contribution in [2.24, 2.45) is 5.73 Å². The lowest BCUT2D eigenvalue weighted by atomic mass is 9.81. The van der Waals surface area contributed by atoms with E-state index in [9.17, 15) is 66.2 Å². The zero-order chi connectivity index (χ0) is 55.9. The first-order valence-corrected chi connectivity index (χ1v) is 27.7. The summed E-state index contributed by atoms with van der Waals surface area (Å²) in [5.41, 5.74) is 8.72. The predicted molar refractivity (Wildman–Crippen MR) is 271 cm³/mol. The molecule has 4 aliphatic heterocycles. The second-order valence-electron chi connectivity index (χ2n) is 19.7. The molecule has 11 N–H and O–H groups in total. The molecule has 24 nitrogen and oxygen atoms in total. The van der Waals surface area contributed by atoms with Gasteiger partial charge in [-0.25, -0.2) is 4.79 Å². The number of rotatable bonds is 24. The first-order chi connectivity index (χ1) is 35.8. The molecule has 1 unspecified atom stereocenters. The molecule has 0 saturated carbocycles. The lowest BCUT2D eigenvalue weighted by Crippen LogP contribution is -2.65. The van der Waals surface area contributed by atoms with E-state index in [0.717, 1.165) is 28.3 Å². The van der Waals surface area contributed by atoms with Crippen molar-refractivity contribution in [3.8, 4) is 0 Å². The van der Waals surface area contributed by atoms with Crippen molar-refractivity contribution >= 4 is 49.3 Å². The summed E-state index contributed by atoms with van der Waals surface area (Å²) in [6.07, 6.45) is -5.99. The smallest absolute Gasteiger partial charge is 0.404 e. The number of nitrogens with zero attached hydrogens (tertiary/aromatic N) is 2. The molecule has 422 valence electrons. The number of nitrogens with one attached hydrogen (secondary N) is 1. The maximum absolute atomic E-state index is 12.8. The van der Waals surface area contributed by atoms with Crippen LogP contribution in [0.5, 0.6) is 0 Å². The molecule has 0 aliphatic carbocycles. The van der Waals surface area contributed by atoms with Gasteiger partial charge in [0.25, 0.3) is 20.2 Å². The number of ether oxygens (including phenoxy) is 6. The van der Waals surface area contributed by atoms with Gasteiger partial charge < -0.3 is 75.0 Å². The van der Waals surface area contributed by atoms with Crippen molar-refractivity contribution in [2.75, 3.05) is 57.6 Å². The Kier molecular flexibility index (Phi) is 20.2. The van der Waals surface area contributed by atoms with E-state index < -0.39 is 112 Å². The molecule has 2 saturated heterocycles. The van der Waals surface area contributed by atoms with Crippen LogP contribution >= 0.6 is 0 Å². The van der Waals surface area contributed by atoms with Gasteiger partial charge in [0.2, 0.25) is 11.6 Å². The summed E-state index contributed by atoms with van der Waals surface area (Å²) in [5, 5.41) is 64.9. The van der Waals surface area contributed by atoms with Gasteiger partial charge in [0, 0.05) is 60.4 Å². The number of carbonyl (C=O) groups excluding carboxylic acids is 2. The maximum atomic E-state index is 12.8. The molecule has 10 atom stereocenters. The summed E-state index contributed by atoms with van der Waals surface area (Å²) in [7, 11) is -8.88. The number of unbranched alkanes of at least 4 members (excludes halogenated alkanes) is 2. The number of benzene rings is 2. The third kappa shape index (κ3) is 13.7. The second kappa shape index (κ2) is 25.4. The van der Waals surface area contributed by atoms with Crippen LogP contribution in [-0.4, -0.2) is 193 Å². The average Bonchev–Trinajstić information content (AvgIpc) is 3.71. The molecule has 6 rings (SSSR count). The summed E-state index contributed by atoms with van der Waals surface area (Å²) in [4.78, 5) is 25.9. The SMILES string of the molecule is CCN1C(=CC=CC=CC2=[N+](CCCCCC(=O)NCCOCCOC3O[C@@H](CO)[C@@H](O)[C@H](O)[C@@H]3O[C@H]3O[C@H](CO)[C@@H](O)[C@H](OC(N)=O)[C@@H]3O)c3ccc(S(=O)(=O)O)cc3C2(C)C)C(C)(C)c2cc(S(=O)(=O)O)ccc21. The normalized spacial score (nSPS) is 27.9. The molecule has 0 spiro atoms. The van der Waals surface area contributed by atoms with Gasteiger partial charge in [-0.1, -0.05) is 32.1 Å². The van der Waals surface area contributed by atoms with Crippen molar-refractivity contribution in [3.05, 3.63) is 83.6 Å². The number of aliphatic hydroxyl groups excluding tert-OH is 6. The first kappa shape index (κ1) is 60.5. The van der Waals surface area contributed by atoms with E-state index >= 15 is 0 Å². The van der Waals surface area contributed by atoms with Crippen LogP contribution in [0.1, 0.15) is 71.4 Å². The van der Waals surface area contributed by atoms with E-state index in [1.165, 1.54) is 24.3 Å². The highest BCUT2D eigenvalue weighted by molar-refractivity contribution is 7.86. The Morgan fingerprint density at radius 1 is 0.776 bits per heavy atom. The standard InChI is InChI=1S/C50H70N4O20S2/c1-6-53-33-18-16-29(75(63,64)65)25-31(33)49(2,3)37(53)13-9-7-10-14-38-50(4,5)32-26-30(76(66,67)68)17-19-34(32)54(38)21-12-8-11-15-39(57)52-20-22-69-23-24-70-47-45(42(60)40(58)35(27-55)72-47)73-46-43(61)44(74-48(51)62)41(59)36(28-56)71-46/h7,9-10,13-14,16-19,25-26,35-36,40-47,55-56,58-61H,6,8,11-12,15,20-24,27-28H2,1-5H3,(H4-,51,52,57,62,63,64,65,66,67,68)/p+1/t35-,36+,40+,41+,42-,43-,44-,45-,46+,47?/m0/s1. The zero-order valence-electron chi connectivity index (χ0n) is 42.9. The van der Waals surface area contributed by atoms with Crippen molar-refractivity contribution in [3.63, 3.8) is 0 Å². The van der Waals surface area contributed by atoms with Gasteiger partial charge in [-0.15, -0.1) is 0 Å². The van der Waals surface area contributed by atoms with E-state index in [4.69, 9.17) is 34.2 Å². The summed E-state index contributed by atoms with van der Waals surface area (Å²) < 4.78 is 103. The third-order valence-corrected chi connectivity index (χ3v) is 15.6. The topological polar surface area (TPSA) is 364 Å². The van der Waals surface area contributed by atoms with Gasteiger partial charge in [0.15, 0.2) is 24.4 Å².